The summed E-state index contributed by atoms with van der Waals surface area (Å²) in [6.07, 6.45) is 1.38. The molecule has 2 aromatic carbocycles. The predicted octanol–water partition coefficient (Wildman–Crippen LogP) is 3.19. The number of ether oxygens (including phenoxy) is 1. The van der Waals surface area contributed by atoms with Crippen LogP contribution in [0.4, 0.5) is 5.69 Å². The molecule has 0 aliphatic carbocycles. The van der Waals surface area contributed by atoms with E-state index < -0.39 is 11.8 Å². The molecule has 0 aromatic heterocycles. The van der Waals surface area contributed by atoms with Crippen molar-refractivity contribution < 1.29 is 19.4 Å². The van der Waals surface area contributed by atoms with Crippen LogP contribution in [0.1, 0.15) is 11.1 Å². The minimum atomic E-state index is -0.615. The maximum Gasteiger partial charge on any atom is 0.270 e. The fourth-order valence-corrected chi connectivity index (χ4v) is 3.12. The Balaban J connectivity index is 2.05. The second-order valence-corrected chi connectivity index (χ2v) is 6.57. The number of anilines is 1. The minimum absolute atomic E-state index is 0.0231. The van der Waals surface area contributed by atoms with E-state index in [0.717, 1.165) is 0 Å². The van der Waals surface area contributed by atoms with Crippen LogP contribution in [0.5, 0.6) is 11.5 Å². The largest absolute Gasteiger partial charge is 0.504 e. The summed E-state index contributed by atoms with van der Waals surface area (Å²) in [5, 5.41) is 12.9. The highest BCUT2D eigenvalue weighted by Gasteiger charge is 2.35. The first-order valence-corrected chi connectivity index (χ1v) is 8.65. The van der Waals surface area contributed by atoms with E-state index in [0.29, 0.717) is 21.8 Å². The number of halogens is 1. The van der Waals surface area contributed by atoms with Crippen LogP contribution in [0.3, 0.4) is 0 Å². The summed E-state index contributed by atoms with van der Waals surface area (Å²) in [5.74, 6) is -1.01. The Hall–Kier alpha value is -2.90. The van der Waals surface area contributed by atoms with E-state index in [2.05, 4.69) is 5.32 Å². The van der Waals surface area contributed by atoms with Gasteiger partial charge in [0.1, 0.15) is 5.57 Å². The number of nitrogens with zero attached hydrogens (tertiary/aromatic N) is 1. The average Bonchev–Trinajstić information content (AvgIpc) is 2.62. The number of rotatable bonds is 3. The molecule has 8 heteroatoms. The third-order valence-corrected chi connectivity index (χ3v) is 4.79. The van der Waals surface area contributed by atoms with E-state index in [1.165, 1.54) is 30.2 Å². The van der Waals surface area contributed by atoms with E-state index in [1.807, 2.05) is 0 Å². The summed E-state index contributed by atoms with van der Waals surface area (Å²) >= 11 is 11.3. The number of phenolic OH excluding ortho intramolecular Hbond substituents is 1. The van der Waals surface area contributed by atoms with Gasteiger partial charge in [-0.3, -0.25) is 19.8 Å². The number of hydrogen-bond donors (Lipinski definition) is 2. The Morgan fingerprint density at radius 3 is 2.67 bits per heavy atom. The van der Waals surface area contributed by atoms with E-state index in [1.54, 1.807) is 31.2 Å². The quantitative estimate of drug-likeness (QED) is 0.468. The summed E-state index contributed by atoms with van der Waals surface area (Å²) in [5.41, 5.74) is 1.49. The van der Waals surface area contributed by atoms with Crippen molar-refractivity contribution in [2.45, 2.75) is 6.92 Å². The van der Waals surface area contributed by atoms with Gasteiger partial charge in [0, 0.05) is 5.02 Å². The number of nitrogens with one attached hydrogen (secondary N) is 1. The Bertz CT molecular complexity index is 1000. The Morgan fingerprint density at radius 1 is 1.26 bits per heavy atom. The number of aromatic hydroxyl groups is 1. The van der Waals surface area contributed by atoms with Gasteiger partial charge in [-0.25, -0.2) is 0 Å². The van der Waals surface area contributed by atoms with Gasteiger partial charge in [-0.1, -0.05) is 23.7 Å². The van der Waals surface area contributed by atoms with Gasteiger partial charge in [0.15, 0.2) is 16.6 Å². The van der Waals surface area contributed by atoms with Gasteiger partial charge in [-0.05, 0) is 60.6 Å². The summed E-state index contributed by atoms with van der Waals surface area (Å²) in [7, 11) is 1.43. The molecule has 27 heavy (non-hydrogen) atoms. The number of methoxy groups -OCH3 is 1. The summed E-state index contributed by atoms with van der Waals surface area (Å²) in [6, 6.07) is 9.65. The molecule has 0 spiro atoms. The standard InChI is InChI=1S/C19H15ClN2O4S/c1-10-13(20)4-3-5-14(10)22-18(25)12(17(24)21-19(22)27)8-11-6-7-16(26-2)15(23)9-11/h3-9,23H,1-2H3,(H,21,24,27)/b12-8-. The zero-order valence-corrected chi connectivity index (χ0v) is 16.0. The molecule has 2 N–H and O–H groups in total. The van der Waals surface area contributed by atoms with Crippen LogP contribution in [-0.4, -0.2) is 29.1 Å². The molecule has 0 unspecified atom stereocenters. The van der Waals surface area contributed by atoms with E-state index in [-0.39, 0.29) is 22.2 Å². The third kappa shape index (κ3) is 3.51. The third-order valence-electron chi connectivity index (χ3n) is 4.10. The predicted molar refractivity (Wildman–Crippen MR) is 107 cm³/mol. The number of benzene rings is 2. The normalized spacial score (nSPS) is 15.9. The maximum absolute atomic E-state index is 13.0. The van der Waals surface area contributed by atoms with Gasteiger partial charge in [0.2, 0.25) is 0 Å². The molecule has 138 valence electrons. The fraction of sp³-hybridized carbons (Fsp3) is 0.105. The highest BCUT2D eigenvalue weighted by molar-refractivity contribution is 7.80. The van der Waals surface area contributed by atoms with Crippen molar-refractivity contribution >= 4 is 52.5 Å². The van der Waals surface area contributed by atoms with Gasteiger partial charge < -0.3 is 9.84 Å². The zero-order chi connectivity index (χ0) is 19.7. The van der Waals surface area contributed by atoms with Crippen molar-refractivity contribution in [3.8, 4) is 11.5 Å². The molecule has 1 heterocycles. The van der Waals surface area contributed by atoms with Crippen molar-refractivity contribution in [3.63, 3.8) is 0 Å². The molecule has 3 rings (SSSR count). The lowest BCUT2D eigenvalue weighted by molar-refractivity contribution is -0.122. The van der Waals surface area contributed by atoms with Crippen LogP contribution in [0, 0.1) is 6.92 Å². The average molecular weight is 403 g/mol. The second-order valence-electron chi connectivity index (χ2n) is 5.77. The smallest absolute Gasteiger partial charge is 0.270 e. The highest BCUT2D eigenvalue weighted by Crippen LogP contribution is 2.31. The number of carbonyl (C=O) groups excluding carboxylic acids is 2. The molecule has 1 saturated heterocycles. The van der Waals surface area contributed by atoms with Crippen molar-refractivity contribution in [2.75, 3.05) is 12.0 Å². The molecular weight excluding hydrogens is 388 g/mol. The Labute approximate surface area is 166 Å². The van der Waals surface area contributed by atoms with Gasteiger partial charge in [0.05, 0.1) is 12.8 Å². The minimum Gasteiger partial charge on any atom is -0.504 e. The van der Waals surface area contributed by atoms with Crippen LogP contribution in [0.25, 0.3) is 6.08 Å². The first-order valence-electron chi connectivity index (χ1n) is 7.87. The van der Waals surface area contributed by atoms with Gasteiger partial charge in [-0.15, -0.1) is 0 Å². The number of hydrogen-bond acceptors (Lipinski definition) is 5. The summed E-state index contributed by atoms with van der Waals surface area (Å²) in [4.78, 5) is 26.6. The lowest BCUT2D eigenvalue weighted by Crippen LogP contribution is -2.54. The van der Waals surface area contributed by atoms with Crippen LogP contribution in [-0.2, 0) is 9.59 Å². The lowest BCUT2D eigenvalue weighted by atomic mass is 10.1. The Kier molecular flexibility index (Phi) is 5.16. The molecule has 1 aliphatic rings. The van der Waals surface area contributed by atoms with Crippen molar-refractivity contribution in [1.82, 2.24) is 5.32 Å². The SMILES string of the molecule is COc1ccc(/C=C2/C(=O)NC(=S)N(c3cccc(Cl)c3C)C2=O)cc1O. The number of amides is 2. The molecule has 2 aromatic rings. The number of thiocarbonyl (C=S) groups is 1. The van der Waals surface area contributed by atoms with E-state index in [9.17, 15) is 14.7 Å². The molecule has 2 amide bonds. The van der Waals surface area contributed by atoms with Crippen LogP contribution < -0.4 is 15.0 Å². The molecule has 0 bridgehead atoms. The number of phenols is 1. The van der Waals surface area contributed by atoms with Gasteiger partial charge >= 0.3 is 0 Å². The monoisotopic (exact) mass is 402 g/mol. The van der Waals surface area contributed by atoms with Crippen LogP contribution in [0.2, 0.25) is 5.02 Å². The van der Waals surface area contributed by atoms with E-state index >= 15 is 0 Å². The lowest BCUT2D eigenvalue weighted by Gasteiger charge is -2.30. The van der Waals surface area contributed by atoms with Crippen LogP contribution in [0.15, 0.2) is 42.0 Å². The second kappa shape index (κ2) is 7.38. The molecule has 0 saturated carbocycles. The van der Waals surface area contributed by atoms with Crippen molar-refractivity contribution in [3.05, 3.63) is 58.1 Å². The number of carbonyl (C=O) groups is 2. The van der Waals surface area contributed by atoms with Gasteiger partial charge in [0.25, 0.3) is 11.8 Å². The molecule has 1 aliphatic heterocycles. The summed E-state index contributed by atoms with van der Waals surface area (Å²) in [6.45, 7) is 1.76. The fourth-order valence-electron chi connectivity index (χ4n) is 2.68. The molecule has 0 atom stereocenters. The van der Waals surface area contributed by atoms with Gasteiger partial charge in [-0.2, -0.15) is 0 Å². The molecule has 1 fully saturated rings. The zero-order valence-electron chi connectivity index (χ0n) is 14.4. The maximum atomic E-state index is 13.0. The van der Waals surface area contributed by atoms with Crippen LogP contribution >= 0.6 is 23.8 Å². The van der Waals surface area contributed by atoms with Crippen molar-refractivity contribution in [2.24, 2.45) is 0 Å². The summed E-state index contributed by atoms with van der Waals surface area (Å²) < 4.78 is 4.99. The first-order chi connectivity index (χ1) is 12.8. The molecular formula is C19H15ClN2O4S. The Morgan fingerprint density at radius 2 is 2.00 bits per heavy atom. The van der Waals surface area contributed by atoms with Crippen molar-refractivity contribution in [1.29, 1.82) is 0 Å². The molecule has 6 nitrogen and oxygen atoms in total. The highest BCUT2D eigenvalue weighted by atomic mass is 35.5. The van der Waals surface area contributed by atoms with E-state index in [4.69, 9.17) is 28.6 Å². The first kappa shape index (κ1) is 18.9. The molecule has 0 radical (unpaired) electrons. The topological polar surface area (TPSA) is 78.9 Å².